The number of allylic oxidation sites excluding steroid dienone is 1. The second kappa shape index (κ2) is 4.52. The molecule has 1 aliphatic heterocycles. The van der Waals surface area contributed by atoms with Crippen LogP contribution in [-0.4, -0.2) is 24.1 Å². The molecule has 0 bridgehead atoms. The van der Waals surface area contributed by atoms with Crippen molar-refractivity contribution in [3.8, 4) is 6.07 Å². The molecule has 0 saturated carbocycles. The minimum atomic E-state index is -0.253. The van der Waals surface area contributed by atoms with Gasteiger partial charge in [-0.3, -0.25) is 9.63 Å². The summed E-state index contributed by atoms with van der Waals surface area (Å²) in [5.41, 5.74) is 0. The van der Waals surface area contributed by atoms with Gasteiger partial charge in [0.25, 0.3) is 5.91 Å². The van der Waals surface area contributed by atoms with Crippen LogP contribution in [0.25, 0.3) is 0 Å². The number of rotatable bonds is 1. The molecule has 4 nitrogen and oxygen atoms in total. The van der Waals surface area contributed by atoms with E-state index in [0.29, 0.717) is 13.2 Å². The third-order valence-electron chi connectivity index (χ3n) is 1.55. The molecular formula is C8H10N2O2. The molecule has 4 heteroatoms. The normalized spacial score (nSPS) is 17.8. The predicted molar refractivity (Wildman–Crippen MR) is 41.7 cm³/mol. The minimum Gasteiger partial charge on any atom is -0.271 e. The van der Waals surface area contributed by atoms with E-state index in [4.69, 9.17) is 10.1 Å². The van der Waals surface area contributed by atoms with Crippen LogP contribution in [0, 0.1) is 11.3 Å². The van der Waals surface area contributed by atoms with Crippen molar-refractivity contribution in [1.82, 2.24) is 5.06 Å². The van der Waals surface area contributed by atoms with Crippen LogP contribution in [0.15, 0.2) is 12.2 Å². The quantitative estimate of drug-likeness (QED) is 0.424. The summed E-state index contributed by atoms with van der Waals surface area (Å²) < 4.78 is 0. The molecule has 1 rings (SSSR count). The Morgan fingerprint density at radius 3 is 3.00 bits per heavy atom. The van der Waals surface area contributed by atoms with Gasteiger partial charge in [-0.05, 0) is 12.8 Å². The molecule has 0 spiro atoms. The lowest BCUT2D eigenvalue weighted by Crippen LogP contribution is -2.34. The van der Waals surface area contributed by atoms with Gasteiger partial charge >= 0.3 is 0 Å². The number of nitriles is 1. The summed E-state index contributed by atoms with van der Waals surface area (Å²) in [5, 5.41) is 9.45. The standard InChI is InChI=1S/C8H10N2O2/c9-5-3-4-8(11)10-6-1-2-7-12-10/h3-4H,1-2,6-7H2/b4-3+. The Morgan fingerprint density at radius 2 is 2.42 bits per heavy atom. The second-order valence-corrected chi connectivity index (χ2v) is 2.44. The maximum atomic E-state index is 11.1. The Kier molecular flexibility index (Phi) is 3.30. The fourth-order valence-electron chi connectivity index (χ4n) is 0.962. The van der Waals surface area contributed by atoms with Gasteiger partial charge in [0.05, 0.1) is 12.7 Å². The summed E-state index contributed by atoms with van der Waals surface area (Å²) in [4.78, 5) is 16.2. The second-order valence-electron chi connectivity index (χ2n) is 2.44. The van der Waals surface area contributed by atoms with Gasteiger partial charge in [-0.1, -0.05) is 0 Å². The van der Waals surface area contributed by atoms with Crippen molar-refractivity contribution in [2.45, 2.75) is 12.8 Å². The van der Waals surface area contributed by atoms with Crippen LogP contribution < -0.4 is 0 Å². The van der Waals surface area contributed by atoms with E-state index in [2.05, 4.69) is 0 Å². The minimum absolute atomic E-state index is 0.253. The highest BCUT2D eigenvalue weighted by Crippen LogP contribution is 2.05. The van der Waals surface area contributed by atoms with Crippen molar-refractivity contribution in [1.29, 1.82) is 5.26 Å². The molecule has 0 unspecified atom stereocenters. The Hall–Kier alpha value is -1.34. The van der Waals surface area contributed by atoms with Gasteiger partial charge in [0.2, 0.25) is 0 Å². The lowest BCUT2D eigenvalue weighted by molar-refractivity contribution is -0.191. The maximum Gasteiger partial charge on any atom is 0.270 e. The third kappa shape index (κ3) is 2.36. The third-order valence-corrected chi connectivity index (χ3v) is 1.55. The summed E-state index contributed by atoms with van der Waals surface area (Å²) in [6.45, 7) is 1.21. The molecule has 0 N–H and O–H groups in total. The van der Waals surface area contributed by atoms with Crippen LogP contribution in [0.4, 0.5) is 0 Å². The molecule has 0 atom stereocenters. The maximum absolute atomic E-state index is 11.1. The Bertz CT molecular complexity index is 224. The molecule has 0 radical (unpaired) electrons. The molecule has 1 fully saturated rings. The number of carbonyl (C=O) groups excluding carboxylic acids is 1. The van der Waals surface area contributed by atoms with E-state index in [1.807, 2.05) is 0 Å². The van der Waals surface area contributed by atoms with E-state index in [-0.39, 0.29) is 5.91 Å². The van der Waals surface area contributed by atoms with Crippen LogP contribution >= 0.6 is 0 Å². The number of hydrogen-bond donors (Lipinski definition) is 0. The zero-order valence-corrected chi connectivity index (χ0v) is 6.69. The largest absolute Gasteiger partial charge is 0.271 e. The molecule has 1 amide bonds. The van der Waals surface area contributed by atoms with Crippen molar-refractivity contribution in [2.75, 3.05) is 13.2 Å². The zero-order chi connectivity index (χ0) is 8.81. The highest BCUT2D eigenvalue weighted by Gasteiger charge is 2.14. The highest BCUT2D eigenvalue weighted by atomic mass is 16.7. The molecular weight excluding hydrogens is 156 g/mol. The first kappa shape index (κ1) is 8.75. The number of nitrogens with zero attached hydrogens (tertiary/aromatic N) is 2. The van der Waals surface area contributed by atoms with Crippen LogP contribution in [-0.2, 0) is 9.63 Å². The Labute approximate surface area is 71.0 Å². The van der Waals surface area contributed by atoms with Crippen molar-refractivity contribution in [3.63, 3.8) is 0 Å². The molecule has 0 aromatic heterocycles. The summed E-state index contributed by atoms with van der Waals surface area (Å²) in [6, 6.07) is 1.75. The SMILES string of the molecule is N#C/C=C/C(=O)N1CCCCO1. The molecule has 0 aromatic carbocycles. The van der Waals surface area contributed by atoms with Crippen molar-refractivity contribution in [3.05, 3.63) is 12.2 Å². The van der Waals surface area contributed by atoms with E-state index < -0.39 is 0 Å². The zero-order valence-electron chi connectivity index (χ0n) is 6.69. The predicted octanol–water partition coefficient (Wildman–Crippen LogP) is 0.620. The van der Waals surface area contributed by atoms with Crippen LogP contribution in [0.5, 0.6) is 0 Å². The summed E-state index contributed by atoms with van der Waals surface area (Å²) in [6.07, 6.45) is 4.32. The summed E-state index contributed by atoms with van der Waals surface area (Å²) >= 11 is 0. The monoisotopic (exact) mass is 166 g/mol. The van der Waals surface area contributed by atoms with Gasteiger partial charge in [-0.2, -0.15) is 5.26 Å². The van der Waals surface area contributed by atoms with E-state index in [1.165, 1.54) is 11.1 Å². The molecule has 1 saturated heterocycles. The van der Waals surface area contributed by atoms with Gasteiger partial charge in [-0.15, -0.1) is 0 Å². The lowest BCUT2D eigenvalue weighted by atomic mass is 10.3. The first-order chi connectivity index (χ1) is 5.84. The fourth-order valence-corrected chi connectivity index (χ4v) is 0.962. The Balaban J connectivity index is 2.41. The van der Waals surface area contributed by atoms with Crippen LogP contribution in [0.2, 0.25) is 0 Å². The fraction of sp³-hybridized carbons (Fsp3) is 0.500. The topological polar surface area (TPSA) is 53.3 Å². The molecule has 0 aromatic rings. The molecule has 0 aliphatic carbocycles. The van der Waals surface area contributed by atoms with E-state index in [0.717, 1.165) is 18.9 Å². The van der Waals surface area contributed by atoms with Crippen molar-refractivity contribution < 1.29 is 9.63 Å². The number of carbonyl (C=O) groups is 1. The van der Waals surface area contributed by atoms with E-state index in [9.17, 15) is 4.79 Å². The number of hydrogen-bond acceptors (Lipinski definition) is 3. The van der Waals surface area contributed by atoms with Gasteiger partial charge in [-0.25, -0.2) is 5.06 Å². The van der Waals surface area contributed by atoms with Gasteiger partial charge < -0.3 is 0 Å². The summed E-state index contributed by atoms with van der Waals surface area (Å²) in [7, 11) is 0. The lowest BCUT2D eigenvalue weighted by Gasteiger charge is -2.24. The van der Waals surface area contributed by atoms with Crippen LogP contribution in [0.3, 0.4) is 0 Å². The smallest absolute Gasteiger partial charge is 0.270 e. The van der Waals surface area contributed by atoms with Crippen molar-refractivity contribution >= 4 is 5.91 Å². The van der Waals surface area contributed by atoms with Crippen LogP contribution in [0.1, 0.15) is 12.8 Å². The molecule has 1 aliphatic rings. The summed E-state index contributed by atoms with van der Waals surface area (Å²) in [5.74, 6) is -0.253. The average molecular weight is 166 g/mol. The number of amides is 1. The number of hydroxylamine groups is 2. The van der Waals surface area contributed by atoms with Gasteiger partial charge in [0.15, 0.2) is 0 Å². The first-order valence-corrected chi connectivity index (χ1v) is 3.85. The van der Waals surface area contributed by atoms with E-state index >= 15 is 0 Å². The van der Waals surface area contributed by atoms with Gasteiger partial charge in [0, 0.05) is 18.7 Å². The van der Waals surface area contributed by atoms with Gasteiger partial charge in [0.1, 0.15) is 0 Å². The average Bonchev–Trinajstić information content (AvgIpc) is 2.15. The Morgan fingerprint density at radius 1 is 1.58 bits per heavy atom. The molecule has 12 heavy (non-hydrogen) atoms. The first-order valence-electron chi connectivity index (χ1n) is 3.85. The molecule has 64 valence electrons. The van der Waals surface area contributed by atoms with E-state index in [1.54, 1.807) is 6.07 Å². The molecule has 1 heterocycles. The van der Waals surface area contributed by atoms with Crippen molar-refractivity contribution in [2.24, 2.45) is 0 Å². The highest BCUT2D eigenvalue weighted by molar-refractivity contribution is 5.87.